The summed E-state index contributed by atoms with van der Waals surface area (Å²) >= 11 is 1.20. The molecule has 0 saturated heterocycles. The second-order valence-electron chi connectivity index (χ2n) is 4.59. The maximum Gasteiger partial charge on any atom is 0.254 e. The van der Waals surface area contributed by atoms with Crippen molar-refractivity contribution in [2.75, 3.05) is 6.61 Å². The lowest BCUT2D eigenvalue weighted by atomic mass is 10.2. The second-order valence-corrected chi connectivity index (χ2v) is 5.11. The summed E-state index contributed by atoms with van der Waals surface area (Å²) in [6.45, 7) is 2.93. The minimum atomic E-state index is 0. The third kappa shape index (κ3) is 4.97. The monoisotopic (exact) mass is 405 g/mol. The lowest BCUT2D eigenvalue weighted by Crippen LogP contribution is -3.00. The minimum Gasteiger partial charge on any atom is -1.00 e. The molecule has 110 valence electrons. The summed E-state index contributed by atoms with van der Waals surface area (Å²) in [5.74, 6) is 0.660. The lowest BCUT2D eigenvalue weighted by molar-refractivity contribution is -0.671. The number of hydrogen-bond acceptors (Lipinski definition) is 4. The molecule has 0 fully saturated rings. The van der Waals surface area contributed by atoms with Gasteiger partial charge >= 0.3 is 0 Å². The van der Waals surface area contributed by atoms with Gasteiger partial charge in [-0.25, -0.2) is 4.57 Å². The van der Waals surface area contributed by atoms with Crippen LogP contribution in [0.25, 0.3) is 11.3 Å². The van der Waals surface area contributed by atoms with E-state index < -0.39 is 0 Å². The summed E-state index contributed by atoms with van der Waals surface area (Å²) in [6, 6.07) is 4.03. The molecule has 2 aromatic rings. The van der Waals surface area contributed by atoms with Crippen molar-refractivity contribution < 1.29 is 33.3 Å². The Bertz CT molecular complexity index is 519. The van der Waals surface area contributed by atoms with Crippen LogP contribution in [0.5, 0.6) is 5.88 Å². The Labute approximate surface area is 141 Å². The number of rotatable bonds is 7. The first kappa shape index (κ1) is 17.3. The van der Waals surface area contributed by atoms with Crippen LogP contribution in [-0.4, -0.2) is 15.4 Å². The molecule has 0 unspecified atom stereocenters. The minimum absolute atomic E-state index is 0. The number of unbranched alkanes of at least 4 members (excludes halogenated alkanes) is 3. The molecular formula is C14H20IN3OS. The van der Waals surface area contributed by atoms with E-state index in [1.165, 1.54) is 31.0 Å². The molecular weight excluding hydrogens is 385 g/mol. The molecule has 0 atom stereocenters. The summed E-state index contributed by atoms with van der Waals surface area (Å²) < 4.78 is 16.3. The molecule has 0 spiro atoms. The van der Waals surface area contributed by atoms with Gasteiger partial charge in [-0.2, -0.15) is 4.37 Å². The van der Waals surface area contributed by atoms with Crippen LogP contribution < -0.4 is 33.3 Å². The van der Waals surface area contributed by atoms with Crippen molar-refractivity contribution in [1.82, 2.24) is 8.75 Å². The summed E-state index contributed by atoms with van der Waals surface area (Å²) in [4.78, 5) is 0. The van der Waals surface area contributed by atoms with Gasteiger partial charge in [-0.3, -0.25) is 0 Å². The van der Waals surface area contributed by atoms with Crippen molar-refractivity contribution in [3.05, 3.63) is 24.5 Å². The smallest absolute Gasteiger partial charge is 0.254 e. The van der Waals surface area contributed by atoms with Gasteiger partial charge in [0.25, 0.3) is 5.88 Å². The van der Waals surface area contributed by atoms with Crippen LogP contribution in [0.1, 0.15) is 32.6 Å². The van der Waals surface area contributed by atoms with Crippen LogP contribution in [0.2, 0.25) is 0 Å². The first-order valence-corrected chi connectivity index (χ1v) is 7.45. The van der Waals surface area contributed by atoms with Gasteiger partial charge in [-0.15, -0.1) is 4.37 Å². The van der Waals surface area contributed by atoms with Gasteiger partial charge in [0, 0.05) is 6.07 Å². The average molecular weight is 405 g/mol. The fraction of sp³-hybridized carbons (Fsp3) is 0.500. The molecule has 2 aromatic heterocycles. The molecule has 0 bridgehead atoms. The predicted octanol–water partition coefficient (Wildman–Crippen LogP) is -0.00730. The standard InChI is InChI=1S/C14H20N3OS.HI/c1-3-4-5-6-10-18-14-13(15-19-16-14)12-8-7-9-17(2)11-12;/h7-9,11H,3-6,10H2,1-2H3;1H/q+1;/p-1. The summed E-state index contributed by atoms with van der Waals surface area (Å²) in [5.41, 5.74) is 1.89. The van der Waals surface area contributed by atoms with E-state index in [1.807, 2.05) is 36.1 Å². The molecule has 6 heteroatoms. The molecule has 0 aliphatic carbocycles. The fourth-order valence-corrected chi connectivity index (χ4v) is 2.40. The van der Waals surface area contributed by atoms with Crippen LogP contribution in [0.3, 0.4) is 0 Å². The van der Waals surface area contributed by atoms with Crippen LogP contribution >= 0.6 is 11.7 Å². The molecule has 0 amide bonds. The van der Waals surface area contributed by atoms with Gasteiger partial charge in [0.05, 0.1) is 23.9 Å². The van der Waals surface area contributed by atoms with Crippen molar-refractivity contribution in [1.29, 1.82) is 0 Å². The Morgan fingerprint density at radius 2 is 2.10 bits per heavy atom. The van der Waals surface area contributed by atoms with E-state index in [0.717, 1.165) is 24.3 Å². The summed E-state index contributed by atoms with van der Waals surface area (Å²) in [7, 11) is 1.99. The molecule has 20 heavy (non-hydrogen) atoms. The van der Waals surface area contributed by atoms with Crippen LogP contribution in [0, 0.1) is 0 Å². The number of hydrogen-bond donors (Lipinski definition) is 0. The average Bonchev–Trinajstić information content (AvgIpc) is 2.87. The van der Waals surface area contributed by atoms with E-state index in [1.54, 1.807) is 0 Å². The number of ether oxygens (including phenoxy) is 1. The maximum atomic E-state index is 5.75. The zero-order chi connectivity index (χ0) is 13.5. The molecule has 2 heterocycles. The van der Waals surface area contributed by atoms with Crippen LogP contribution in [0.15, 0.2) is 24.5 Å². The third-order valence-corrected chi connectivity index (χ3v) is 3.42. The van der Waals surface area contributed by atoms with E-state index >= 15 is 0 Å². The highest BCUT2D eigenvalue weighted by molar-refractivity contribution is 6.99. The number of nitrogens with zero attached hydrogens (tertiary/aromatic N) is 3. The number of aryl methyl sites for hydroxylation is 1. The van der Waals surface area contributed by atoms with E-state index in [9.17, 15) is 0 Å². The highest BCUT2D eigenvalue weighted by Gasteiger charge is 2.14. The Balaban J connectivity index is 0.00000200. The maximum absolute atomic E-state index is 5.75. The number of aromatic nitrogens is 3. The van der Waals surface area contributed by atoms with Gasteiger partial charge in [-0.1, -0.05) is 26.2 Å². The fourth-order valence-electron chi connectivity index (χ4n) is 1.88. The molecule has 0 N–H and O–H groups in total. The van der Waals surface area contributed by atoms with E-state index in [2.05, 4.69) is 15.7 Å². The van der Waals surface area contributed by atoms with Crippen molar-refractivity contribution in [2.45, 2.75) is 32.6 Å². The highest BCUT2D eigenvalue weighted by atomic mass is 127. The Morgan fingerprint density at radius 1 is 1.25 bits per heavy atom. The second kappa shape index (κ2) is 9.23. The zero-order valence-corrected chi connectivity index (χ0v) is 14.9. The van der Waals surface area contributed by atoms with Crippen LogP contribution in [0.4, 0.5) is 0 Å². The Morgan fingerprint density at radius 3 is 2.85 bits per heavy atom. The van der Waals surface area contributed by atoms with Crippen molar-refractivity contribution in [2.24, 2.45) is 7.05 Å². The third-order valence-electron chi connectivity index (χ3n) is 2.91. The van der Waals surface area contributed by atoms with Crippen molar-refractivity contribution in [3.8, 4) is 17.1 Å². The first-order chi connectivity index (χ1) is 9.31. The Hall–Kier alpha value is -0.760. The van der Waals surface area contributed by atoms with Crippen molar-refractivity contribution >= 4 is 11.7 Å². The SMILES string of the molecule is CCCCCCOc1nsnc1-c1ccc[n+](C)c1.[I-]. The molecule has 2 rings (SSSR count). The summed E-state index contributed by atoms with van der Waals surface area (Å²) in [6.07, 6.45) is 8.82. The molecule has 4 nitrogen and oxygen atoms in total. The highest BCUT2D eigenvalue weighted by Crippen LogP contribution is 2.26. The number of halogens is 1. The normalized spacial score (nSPS) is 10.1. The molecule has 0 aliphatic rings. The van der Waals surface area contributed by atoms with Crippen molar-refractivity contribution in [3.63, 3.8) is 0 Å². The topological polar surface area (TPSA) is 38.9 Å². The van der Waals surface area contributed by atoms with Gasteiger partial charge in [0.15, 0.2) is 18.1 Å². The van der Waals surface area contributed by atoms with Gasteiger partial charge in [-0.05, 0) is 12.5 Å². The molecule has 0 saturated carbocycles. The molecule has 0 aliphatic heterocycles. The molecule has 0 radical (unpaired) electrons. The van der Waals surface area contributed by atoms with Gasteiger partial charge in [0.1, 0.15) is 7.05 Å². The zero-order valence-electron chi connectivity index (χ0n) is 11.9. The Kier molecular flexibility index (Phi) is 7.98. The van der Waals surface area contributed by atoms with E-state index in [4.69, 9.17) is 4.74 Å². The summed E-state index contributed by atoms with van der Waals surface area (Å²) in [5, 5.41) is 0. The van der Waals surface area contributed by atoms with Gasteiger partial charge < -0.3 is 28.7 Å². The van der Waals surface area contributed by atoms with Crippen LogP contribution in [-0.2, 0) is 7.05 Å². The number of pyridine rings is 1. The van der Waals surface area contributed by atoms with E-state index in [-0.39, 0.29) is 24.0 Å². The van der Waals surface area contributed by atoms with Gasteiger partial charge in [0.2, 0.25) is 0 Å². The predicted molar refractivity (Wildman–Crippen MR) is 76.2 cm³/mol. The lowest BCUT2D eigenvalue weighted by Gasteiger charge is -2.04. The quantitative estimate of drug-likeness (QED) is 0.370. The molecule has 0 aromatic carbocycles. The van der Waals surface area contributed by atoms with E-state index in [0.29, 0.717) is 5.88 Å². The first-order valence-electron chi connectivity index (χ1n) is 6.72. The largest absolute Gasteiger partial charge is 1.00 e.